The van der Waals surface area contributed by atoms with Crippen molar-refractivity contribution >= 4 is 19.5 Å². The van der Waals surface area contributed by atoms with Crippen LogP contribution in [-0.2, 0) is 39.1 Å². The minimum absolute atomic E-state index is 0.0422. The average Bonchev–Trinajstić information content (AvgIpc) is 3.07. The van der Waals surface area contributed by atoms with E-state index in [2.05, 4.69) is 0 Å². The maximum absolute atomic E-state index is 13.6. The summed E-state index contributed by atoms with van der Waals surface area (Å²) in [7, 11) is -3.79. The first-order valence-corrected chi connectivity index (χ1v) is 10.3. The second-order valence-electron chi connectivity index (χ2n) is 6.89. The molecular weight excluding hydrogens is 392 g/mol. The van der Waals surface area contributed by atoms with Crippen LogP contribution in [0.5, 0.6) is 0 Å². The van der Waals surface area contributed by atoms with E-state index in [1.807, 2.05) is 31.2 Å². The molecule has 3 aliphatic heterocycles. The first kappa shape index (κ1) is 19.4. The number of fused-ring (bicyclic) bond motifs is 1. The molecule has 0 radical (unpaired) electrons. The van der Waals surface area contributed by atoms with Crippen molar-refractivity contribution in [3.63, 3.8) is 0 Å². The molecule has 2 fully saturated rings. The maximum atomic E-state index is 13.6. The van der Waals surface area contributed by atoms with Gasteiger partial charge < -0.3 is 4.74 Å². The number of aryl methyl sites for hydroxylation is 1. The van der Waals surface area contributed by atoms with Gasteiger partial charge in [-0.1, -0.05) is 29.8 Å². The van der Waals surface area contributed by atoms with E-state index in [0.717, 1.165) is 22.2 Å². The third-order valence-electron chi connectivity index (χ3n) is 4.78. The van der Waals surface area contributed by atoms with E-state index in [4.69, 9.17) is 18.3 Å². The summed E-state index contributed by atoms with van der Waals surface area (Å²) in [5.41, 5.74) is 1.91. The topological polar surface area (TPSA) is 91.4 Å². The number of rotatable bonds is 4. The summed E-state index contributed by atoms with van der Waals surface area (Å²) < 4.78 is 48.2. The number of carbonyl (C=O) groups excluding carboxylic acids is 2. The van der Waals surface area contributed by atoms with Crippen LogP contribution in [0.4, 0.5) is 4.39 Å². The van der Waals surface area contributed by atoms with Gasteiger partial charge in [-0.15, -0.1) is 0 Å². The molecule has 10 heteroatoms. The lowest BCUT2D eigenvalue weighted by molar-refractivity contribution is -0.146. The second kappa shape index (κ2) is 7.50. The smallest absolute Gasteiger partial charge is 0.349 e. The molecule has 28 heavy (non-hydrogen) atoms. The van der Waals surface area contributed by atoms with Crippen LogP contribution >= 0.6 is 7.82 Å². The number of Topliss-reactive ketones (excluding diaryl/α,β-unsaturated/α-hetero) is 1. The highest BCUT2D eigenvalue weighted by atomic mass is 31.2. The molecule has 1 amide bonds. The Hall–Kier alpha value is -1.90. The number of allylic oxidation sites excluding steroid dienone is 1. The summed E-state index contributed by atoms with van der Waals surface area (Å²) >= 11 is 0. The number of benzene rings is 1. The van der Waals surface area contributed by atoms with Crippen molar-refractivity contribution in [2.24, 2.45) is 0 Å². The Morgan fingerprint density at radius 3 is 2.75 bits per heavy atom. The van der Waals surface area contributed by atoms with Gasteiger partial charge in [-0.3, -0.25) is 28.1 Å². The second-order valence-corrected chi connectivity index (χ2v) is 8.51. The average molecular weight is 411 g/mol. The van der Waals surface area contributed by atoms with Gasteiger partial charge in [0.2, 0.25) is 11.7 Å². The molecule has 3 heterocycles. The third-order valence-corrected chi connectivity index (χ3v) is 6.22. The zero-order valence-corrected chi connectivity index (χ0v) is 16.0. The molecule has 0 spiro atoms. The van der Waals surface area contributed by atoms with Gasteiger partial charge in [0, 0.05) is 12.6 Å². The van der Waals surface area contributed by atoms with E-state index < -0.39 is 50.2 Å². The summed E-state index contributed by atoms with van der Waals surface area (Å²) in [4.78, 5) is 24.3. The predicted octanol–water partition coefficient (Wildman–Crippen LogP) is 2.76. The number of phosphoric ester groups is 1. The molecular formula is C18H19FNO7P. The van der Waals surface area contributed by atoms with Crippen molar-refractivity contribution in [3.05, 3.63) is 47.4 Å². The molecule has 0 aromatic heterocycles. The van der Waals surface area contributed by atoms with Crippen molar-refractivity contribution in [3.8, 4) is 0 Å². The fourth-order valence-corrected chi connectivity index (χ4v) is 4.61. The van der Waals surface area contributed by atoms with Crippen LogP contribution < -0.4 is 0 Å². The first-order valence-electron chi connectivity index (χ1n) is 8.83. The quantitative estimate of drug-likeness (QED) is 0.556. The molecule has 0 N–H and O–H groups in total. The Morgan fingerprint density at radius 2 is 2.00 bits per heavy atom. The van der Waals surface area contributed by atoms with Crippen molar-refractivity contribution in [1.82, 2.24) is 4.90 Å². The Labute approximate surface area is 160 Å². The van der Waals surface area contributed by atoms with Crippen LogP contribution in [0.3, 0.4) is 0 Å². The molecule has 0 bridgehead atoms. The van der Waals surface area contributed by atoms with Crippen LogP contribution in [0.15, 0.2) is 36.3 Å². The molecule has 8 nitrogen and oxygen atoms in total. The Balaban J connectivity index is 1.39. The largest absolute Gasteiger partial charge is 0.475 e. The zero-order valence-electron chi connectivity index (χ0n) is 15.1. The number of amides is 1. The lowest BCUT2D eigenvalue weighted by Crippen LogP contribution is -2.40. The number of carbonyl (C=O) groups is 2. The molecule has 150 valence electrons. The fourth-order valence-electron chi connectivity index (χ4n) is 3.22. The third kappa shape index (κ3) is 3.94. The molecule has 4 atom stereocenters. The van der Waals surface area contributed by atoms with Crippen LogP contribution in [-0.4, -0.2) is 41.6 Å². The highest BCUT2D eigenvalue weighted by Gasteiger charge is 2.49. The van der Waals surface area contributed by atoms with Gasteiger partial charge in [-0.2, -0.15) is 0 Å². The molecule has 1 aromatic rings. The number of nitrogens with zero attached hydrogens (tertiary/aromatic N) is 1. The van der Waals surface area contributed by atoms with E-state index in [1.54, 1.807) is 0 Å². The number of hydrogen-bond acceptors (Lipinski definition) is 7. The molecule has 2 saturated heterocycles. The van der Waals surface area contributed by atoms with Gasteiger partial charge >= 0.3 is 7.82 Å². The van der Waals surface area contributed by atoms with Gasteiger partial charge in [0.15, 0.2) is 5.83 Å². The van der Waals surface area contributed by atoms with E-state index in [0.29, 0.717) is 0 Å². The minimum Gasteiger partial charge on any atom is -0.349 e. The summed E-state index contributed by atoms with van der Waals surface area (Å²) in [6.07, 6.45) is -1.58. The van der Waals surface area contributed by atoms with E-state index in [-0.39, 0.29) is 19.6 Å². The van der Waals surface area contributed by atoms with Crippen molar-refractivity contribution in [2.45, 2.75) is 44.8 Å². The first-order chi connectivity index (χ1) is 13.3. The van der Waals surface area contributed by atoms with Crippen molar-refractivity contribution < 1.29 is 36.9 Å². The van der Waals surface area contributed by atoms with Gasteiger partial charge in [0.1, 0.15) is 18.4 Å². The van der Waals surface area contributed by atoms with Crippen LogP contribution in [0.2, 0.25) is 0 Å². The van der Waals surface area contributed by atoms with E-state index >= 15 is 0 Å². The number of ether oxygens (including phenoxy) is 1. The maximum Gasteiger partial charge on any atom is 0.475 e. The normalized spacial score (nSPS) is 33.0. The molecule has 4 rings (SSSR count). The molecule has 0 aliphatic carbocycles. The summed E-state index contributed by atoms with van der Waals surface area (Å²) in [6, 6.07) is 7.53. The van der Waals surface area contributed by atoms with Crippen LogP contribution in [0.25, 0.3) is 0 Å². The molecule has 1 aromatic carbocycles. The van der Waals surface area contributed by atoms with E-state index in [9.17, 15) is 18.5 Å². The highest BCUT2D eigenvalue weighted by Crippen LogP contribution is 2.56. The van der Waals surface area contributed by atoms with Gasteiger partial charge in [-0.25, -0.2) is 8.96 Å². The lowest BCUT2D eigenvalue weighted by atomic mass is 10.1. The monoisotopic (exact) mass is 411 g/mol. The fraction of sp³-hybridized carbons (Fsp3) is 0.444. The number of halogens is 1. The summed E-state index contributed by atoms with van der Waals surface area (Å²) in [5.74, 6) is -2.41. The molecule has 1 unspecified atom stereocenters. The van der Waals surface area contributed by atoms with Crippen molar-refractivity contribution in [1.29, 1.82) is 0 Å². The molecule has 3 aliphatic rings. The van der Waals surface area contributed by atoms with Gasteiger partial charge in [-0.05, 0) is 12.5 Å². The van der Waals surface area contributed by atoms with Crippen molar-refractivity contribution in [2.75, 3.05) is 6.61 Å². The Bertz CT molecular complexity index is 871. The summed E-state index contributed by atoms with van der Waals surface area (Å²) in [6.45, 7) is 1.97. The summed E-state index contributed by atoms with van der Waals surface area (Å²) in [5, 5.41) is 0. The van der Waals surface area contributed by atoms with Crippen LogP contribution in [0.1, 0.15) is 24.0 Å². The van der Waals surface area contributed by atoms with Crippen LogP contribution in [0, 0.1) is 6.92 Å². The lowest BCUT2D eigenvalue weighted by Gasteiger charge is -2.30. The minimum atomic E-state index is -3.79. The number of ketones is 1. The standard InChI is InChI=1S/C18H19FNO7P/c1-11-2-4-12(5-3-11)9-24-28(23)25-10-16-15(27-28)7-18(26-16)20-8-13(19)14(21)6-17(20)22/h2-5,8,15-16,18H,6-7,9-10H2,1H3/t15-,16+,18+,28?/m0/s1. The SMILES string of the molecule is Cc1ccc(COP2(=O)OC[C@H]3O[C@@H](N4C=C(F)C(=O)CC4=O)C[C@@H]3O2)cc1. The highest BCUT2D eigenvalue weighted by molar-refractivity contribution is 7.48. The van der Waals surface area contributed by atoms with Gasteiger partial charge in [0.25, 0.3) is 0 Å². The molecule has 0 saturated carbocycles. The van der Waals surface area contributed by atoms with E-state index in [1.165, 1.54) is 0 Å². The van der Waals surface area contributed by atoms with Gasteiger partial charge in [0.05, 0.1) is 19.6 Å². The Morgan fingerprint density at radius 1 is 1.25 bits per heavy atom. The number of hydrogen-bond donors (Lipinski definition) is 0. The zero-order chi connectivity index (χ0) is 19.9. The predicted molar refractivity (Wildman–Crippen MR) is 93.3 cm³/mol. The number of phosphoric acid groups is 1. The Kier molecular flexibility index (Phi) is 5.20.